The molecule has 0 radical (unpaired) electrons. The molecule has 1 aromatic rings. The van der Waals surface area contributed by atoms with Crippen LogP contribution >= 0.6 is 11.8 Å². The van der Waals surface area contributed by atoms with Gasteiger partial charge in [0.1, 0.15) is 11.3 Å². The SMILES string of the molecule is COC(=O)c1ccc(N=C(NC#N)SC)cc1OC. The molecule has 0 aromatic heterocycles. The van der Waals surface area contributed by atoms with E-state index in [9.17, 15) is 4.79 Å². The molecule has 0 heterocycles. The van der Waals surface area contributed by atoms with Crippen molar-refractivity contribution >= 4 is 28.6 Å². The Kier molecular flexibility index (Phi) is 5.70. The average molecular weight is 279 g/mol. The molecule has 7 heteroatoms. The van der Waals surface area contributed by atoms with Crippen LogP contribution in [0.4, 0.5) is 5.69 Å². The van der Waals surface area contributed by atoms with Gasteiger partial charge >= 0.3 is 5.97 Å². The topological polar surface area (TPSA) is 83.7 Å². The molecule has 0 fully saturated rings. The van der Waals surface area contributed by atoms with Crippen LogP contribution in [0.15, 0.2) is 23.2 Å². The van der Waals surface area contributed by atoms with Gasteiger partial charge in [-0.15, -0.1) is 0 Å². The molecular formula is C12H13N3O3S. The predicted octanol–water partition coefficient (Wildman–Crippen LogP) is 1.90. The minimum Gasteiger partial charge on any atom is -0.496 e. The van der Waals surface area contributed by atoms with E-state index in [0.29, 0.717) is 22.2 Å². The maximum atomic E-state index is 11.5. The first kappa shape index (κ1) is 14.9. The normalized spacial score (nSPS) is 10.5. The summed E-state index contributed by atoms with van der Waals surface area (Å²) in [6.45, 7) is 0. The zero-order valence-electron chi connectivity index (χ0n) is 10.8. The molecule has 0 aliphatic carbocycles. The first-order valence-corrected chi connectivity index (χ1v) is 6.42. The third-order valence-electron chi connectivity index (χ3n) is 2.18. The van der Waals surface area contributed by atoms with E-state index in [1.54, 1.807) is 30.6 Å². The zero-order chi connectivity index (χ0) is 14.3. The molecule has 6 nitrogen and oxygen atoms in total. The molecule has 100 valence electrons. The van der Waals surface area contributed by atoms with Crippen LogP contribution in [0.1, 0.15) is 10.4 Å². The number of aliphatic imine (C=N–C) groups is 1. The molecular weight excluding hydrogens is 266 g/mol. The molecule has 1 rings (SSSR count). The largest absolute Gasteiger partial charge is 0.496 e. The van der Waals surface area contributed by atoms with Crippen LogP contribution in [-0.2, 0) is 4.74 Å². The lowest BCUT2D eigenvalue weighted by Crippen LogP contribution is -2.12. The minimum atomic E-state index is -0.479. The van der Waals surface area contributed by atoms with Crippen LogP contribution < -0.4 is 10.1 Å². The van der Waals surface area contributed by atoms with Crippen molar-refractivity contribution in [3.8, 4) is 11.9 Å². The highest BCUT2D eigenvalue weighted by Gasteiger charge is 2.13. The minimum absolute atomic E-state index is 0.322. The second kappa shape index (κ2) is 7.28. The van der Waals surface area contributed by atoms with E-state index >= 15 is 0 Å². The molecule has 0 amide bonds. The monoisotopic (exact) mass is 279 g/mol. The van der Waals surface area contributed by atoms with Gasteiger partial charge in [0, 0.05) is 6.07 Å². The average Bonchev–Trinajstić information content (AvgIpc) is 2.45. The lowest BCUT2D eigenvalue weighted by molar-refractivity contribution is 0.0597. The van der Waals surface area contributed by atoms with Crippen molar-refractivity contribution in [1.29, 1.82) is 5.26 Å². The Bertz CT molecular complexity index is 538. The van der Waals surface area contributed by atoms with Crippen molar-refractivity contribution in [3.63, 3.8) is 0 Å². The number of nitrogens with zero attached hydrogens (tertiary/aromatic N) is 2. The van der Waals surface area contributed by atoms with Crippen molar-refractivity contribution in [2.45, 2.75) is 0 Å². The van der Waals surface area contributed by atoms with Crippen LogP contribution in [0.25, 0.3) is 0 Å². The number of benzene rings is 1. The van der Waals surface area contributed by atoms with Gasteiger partial charge in [-0.2, -0.15) is 5.26 Å². The van der Waals surface area contributed by atoms with Crippen molar-refractivity contribution in [3.05, 3.63) is 23.8 Å². The van der Waals surface area contributed by atoms with Crippen molar-refractivity contribution in [1.82, 2.24) is 5.32 Å². The van der Waals surface area contributed by atoms with Gasteiger partial charge in [0.25, 0.3) is 0 Å². The lowest BCUT2D eigenvalue weighted by Gasteiger charge is -2.07. The number of thioether (sulfide) groups is 1. The maximum Gasteiger partial charge on any atom is 0.341 e. The second-order valence-corrected chi connectivity index (χ2v) is 4.03. The van der Waals surface area contributed by atoms with Gasteiger partial charge in [-0.1, -0.05) is 11.8 Å². The summed E-state index contributed by atoms with van der Waals surface area (Å²) in [5.74, 6) is -0.113. The summed E-state index contributed by atoms with van der Waals surface area (Å²) in [5.41, 5.74) is 0.888. The molecule has 0 spiro atoms. The van der Waals surface area contributed by atoms with E-state index in [1.165, 1.54) is 26.0 Å². The smallest absolute Gasteiger partial charge is 0.341 e. The van der Waals surface area contributed by atoms with Crippen LogP contribution in [0.3, 0.4) is 0 Å². The van der Waals surface area contributed by atoms with E-state index in [0.717, 1.165) is 0 Å². The van der Waals surface area contributed by atoms with Gasteiger partial charge in [-0.05, 0) is 18.4 Å². The number of carbonyl (C=O) groups is 1. The molecule has 1 N–H and O–H groups in total. The summed E-state index contributed by atoms with van der Waals surface area (Å²) in [4.78, 5) is 15.7. The van der Waals surface area contributed by atoms with E-state index in [1.807, 2.05) is 0 Å². The molecule has 1 aromatic carbocycles. The van der Waals surface area contributed by atoms with Crippen LogP contribution in [-0.4, -0.2) is 31.6 Å². The van der Waals surface area contributed by atoms with Gasteiger partial charge in [-0.25, -0.2) is 9.79 Å². The number of amidine groups is 1. The third-order valence-corrected chi connectivity index (χ3v) is 2.76. The van der Waals surface area contributed by atoms with E-state index in [-0.39, 0.29) is 0 Å². The highest BCUT2D eigenvalue weighted by molar-refractivity contribution is 8.13. The Morgan fingerprint density at radius 2 is 2.21 bits per heavy atom. The fraction of sp³-hybridized carbons (Fsp3) is 0.250. The van der Waals surface area contributed by atoms with Crippen molar-refractivity contribution < 1.29 is 14.3 Å². The highest BCUT2D eigenvalue weighted by Crippen LogP contribution is 2.26. The first-order valence-electron chi connectivity index (χ1n) is 5.20. The molecule has 19 heavy (non-hydrogen) atoms. The lowest BCUT2D eigenvalue weighted by atomic mass is 10.2. The summed E-state index contributed by atoms with van der Waals surface area (Å²) >= 11 is 1.30. The first-order chi connectivity index (χ1) is 9.15. The number of methoxy groups -OCH3 is 2. The Hall–Kier alpha value is -2.20. The van der Waals surface area contributed by atoms with Gasteiger partial charge in [0.2, 0.25) is 0 Å². The number of esters is 1. The maximum absolute atomic E-state index is 11.5. The molecule has 0 unspecified atom stereocenters. The summed E-state index contributed by atoms with van der Waals surface area (Å²) in [6.07, 6.45) is 3.59. The van der Waals surface area contributed by atoms with Crippen molar-refractivity contribution in [2.75, 3.05) is 20.5 Å². The molecule has 0 aliphatic heterocycles. The molecule has 0 aliphatic rings. The third kappa shape index (κ3) is 3.89. The number of hydrogen-bond donors (Lipinski definition) is 1. The fourth-order valence-electron chi connectivity index (χ4n) is 1.32. The number of rotatable bonds is 3. The van der Waals surface area contributed by atoms with Crippen molar-refractivity contribution in [2.24, 2.45) is 4.99 Å². The van der Waals surface area contributed by atoms with Gasteiger partial charge < -0.3 is 9.47 Å². The van der Waals surface area contributed by atoms with Crippen LogP contribution in [0, 0.1) is 11.5 Å². The van der Waals surface area contributed by atoms with Gasteiger partial charge in [-0.3, -0.25) is 5.32 Å². The summed E-state index contributed by atoms with van der Waals surface area (Å²) in [5, 5.41) is 11.5. The number of nitriles is 1. The Balaban J connectivity index is 3.13. The number of nitrogens with one attached hydrogen (secondary N) is 1. The standard InChI is InChI=1S/C12H13N3O3S/c1-17-10-6-8(15-12(19-3)14-7-13)4-5-9(10)11(16)18-2/h4-6H,1-3H3,(H,14,15). The van der Waals surface area contributed by atoms with E-state index in [2.05, 4.69) is 15.0 Å². The second-order valence-electron chi connectivity index (χ2n) is 3.23. The Morgan fingerprint density at radius 3 is 2.74 bits per heavy atom. The molecule has 0 saturated heterocycles. The summed E-state index contributed by atoms with van der Waals surface area (Å²) < 4.78 is 9.77. The van der Waals surface area contributed by atoms with E-state index in [4.69, 9.17) is 10.00 Å². The van der Waals surface area contributed by atoms with Crippen LogP contribution in [0.5, 0.6) is 5.75 Å². The summed E-state index contributed by atoms with van der Waals surface area (Å²) in [6, 6.07) is 4.80. The predicted molar refractivity (Wildman–Crippen MR) is 73.7 cm³/mol. The molecule has 0 bridgehead atoms. The number of hydrogen-bond acceptors (Lipinski definition) is 6. The van der Waals surface area contributed by atoms with Gasteiger partial charge in [0.05, 0.1) is 19.9 Å². The quantitative estimate of drug-likeness (QED) is 0.299. The fourth-order valence-corrected chi connectivity index (χ4v) is 1.66. The Labute approximate surface area is 115 Å². The Morgan fingerprint density at radius 1 is 1.47 bits per heavy atom. The number of carbonyl (C=O) groups excluding carboxylic acids is 1. The van der Waals surface area contributed by atoms with Crippen LogP contribution in [0.2, 0.25) is 0 Å². The van der Waals surface area contributed by atoms with E-state index < -0.39 is 5.97 Å². The zero-order valence-corrected chi connectivity index (χ0v) is 11.6. The molecule has 0 saturated carbocycles. The number of ether oxygens (including phenoxy) is 2. The van der Waals surface area contributed by atoms with Gasteiger partial charge in [0.15, 0.2) is 11.4 Å². The summed E-state index contributed by atoms with van der Waals surface area (Å²) in [7, 11) is 2.76. The highest BCUT2D eigenvalue weighted by atomic mass is 32.2. The molecule has 0 atom stereocenters.